The molecule has 4 heteroatoms. The van der Waals surface area contributed by atoms with Gasteiger partial charge in [-0.15, -0.1) is 0 Å². The molecular weight excluding hydrogens is 238 g/mol. The van der Waals surface area contributed by atoms with Gasteiger partial charge in [-0.25, -0.2) is 0 Å². The highest BCUT2D eigenvalue weighted by atomic mass is 16.5. The van der Waals surface area contributed by atoms with Crippen molar-refractivity contribution in [2.75, 3.05) is 60.0 Å². The van der Waals surface area contributed by atoms with Crippen molar-refractivity contribution in [3.05, 3.63) is 0 Å². The molecule has 0 bridgehead atoms. The van der Waals surface area contributed by atoms with Crippen molar-refractivity contribution in [2.45, 2.75) is 38.7 Å². The van der Waals surface area contributed by atoms with Crippen LogP contribution in [-0.4, -0.2) is 75.9 Å². The molecule has 19 heavy (non-hydrogen) atoms. The van der Waals surface area contributed by atoms with Crippen LogP contribution in [0, 0.1) is 0 Å². The Balaban J connectivity index is 1.98. The summed E-state index contributed by atoms with van der Waals surface area (Å²) in [5.74, 6) is 0. The van der Waals surface area contributed by atoms with Crippen LogP contribution in [0.1, 0.15) is 32.6 Å². The zero-order valence-corrected chi connectivity index (χ0v) is 13.2. The van der Waals surface area contributed by atoms with Crippen LogP contribution in [0.4, 0.5) is 0 Å². The van der Waals surface area contributed by atoms with Crippen molar-refractivity contribution in [3.63, 3.8) is 0 Å². The van der Waals surface area contributed by atoms with Crippen molar-refractivity contribution in [2.24, 2.45) is 0 Å². The van der Waals surface area contributed by atoms with Crippen molar-refractivity contribution in [1.29, 1.82) is 0 Å². The zero-order valence-electron chi connectivity index (χ0n) is 13.2. The lowest BCUT2D eigenvalue weighted by atomic mass is 10.1. The molecule has 0 saturated carbocycles. The maximum absolute atomic E-state index is 5.95. The third-order valence-electron chi connectivity index (χ3n) is 3.79. The molecule has 1 heterocycles. The highest BCUT2D eigenvalue weighted by Crippen LogP contribution is 2.07. The summed E-state index contributed by atoms with van der Waals surface area (Å²) in [6.45, 7) is 10.1. The summed E-state index contributed by atoms with van der Waals surface area (Å²) >= 11 is 0. The standard InChI is InChI=1S/C15H33N3O/c1-4-18(12-5-11-17(2)3)13-6-14-19-15-7-9-16-10-8-15/h15-16H,4-14H2,1-3H3. The largest absolute Gasteiger partial charge is 0.378 e. The molecule has 0 amide bonds. The average Bonchev–Trinajstić information content (AvgIpc) is 2.42. The number of nitrogens with zero attached hydrogens (tertiary/aromatic N) is 2. The number of nitrogens with one attached hydrogen (secondary N) is 1. The third kappa shape index (κ3) is 8.58. The highest BCUT2D eigenvalue weighted by molar-refractivity contribution is 4.68. The fraction of sp³-hybridized carbons (Fsp3) is 1.00. The van der Waals surface area contributed by atoms with Crippen LogP contribution < -0.4 is 5.32 Å². The van der Waals surface area contributed by atoms with E-state index in [1.807, 2.05) is 0 Å². The first-order valence-corrected chi connectivity index (χ1v) is 7.91. The molecule has 0 aromatic heterocycles. The average molecular weight is 271 g/mol. The van der Waals surface area contributed by atoms with E-state index in [1.165, 1.54) is 45.3 Å². The third-order valence-corrected chi connectivity index (χ3v) is 3.79. The van der Waals surface area contributed by atoms with E-state index >= 15 is 0 Å². The lowest BCUT2D eigenvalue weighted by Gasteiger charge is -2.24. The number of piperidine rings is 1. The predicted octanol–water partition coefficient (Wildman–Crippen LogP) is 1.42. The summed E-state index contributed by atoms with van der Waals surface area (Å²) in [4.78, 5) is 4.79. The van der Waals surface area contributed by atoms with Gasteiger partial charge in [-0.3, -0.25) is 0 Å². The van der Waals surface area contributed by atoms with Crippen LogP contribution in [-0.2, 0) is 4.74 Å². The summed E-state index contributed by atoms with van der Waals surface area (Å²) in [6.07, 6.45) is 5.29. The number of hydrogen-bond acceptors (Lipinski definition) is 4. The first-order chi connectivity index (χ1) is 9.22. The molecule has 0 radical (unpaired) electrons. The van der Waals surface area contributed by atoms with E-state index in [0.29, 0.717) is 6.10 Å². The Hall–Kier alpha value is -0.160. The second-order valence-corrected chi connectivity index (χ2v) is 5.76. The van der Waals surface area contributed by atoms with Crippen molar-refractivity contribution in [1.82, 2.24) is 15.1 Å². The summed E-state index contributed by atoms with van der Waals surface area (Å²) in [6, 6.07) is 0. The molecule has 1 aliphatic heterocycles. The predicted molar refractivity (Wildman–Crippen MR) is 81.7 cm³/mol. The van der Waals surface area contributed by atoms with Crippen LogP contribution in [0.25, 0.3) is 0 Å². The lowest BCUT2D eigenvalue weighted by Crippen LogP contribution is -2.33. The van der Waals surface area contributed by atoms with Crippen LogP contribution >= 0.6 is 0 Å². The van der Waals surface area contributed by atoms with Crippen LogP contribution in [0.2, 0.25) is 0 Å². The minimum absolute atomic E-state index is 0.505. The quantitative estimate of drug-likeness (QED) is 0.608. The normalized spacial score (nSPS) is 17.5. The van der Waals surface area contributed by atoms with Gasteiger partial charge in [0.1, 0.15) is 0 Å². The fourth-order valence-corrected chi connectivity index (χ4v) is 2.54. The smallest absolute Gasteiger partial charge is 0.0599 e. The summed E-state index contributed by atoms with van der Waals surface area (Å²) in [5, 5.41) is 3.37. The minimum atomic E-state index is 0.505. The number of hydrogen-bond donors (Lipinski definition) is 1. The Morgan fingerprint density at radius 3 is 2.37 bits per heavy atom. The molecule has 1 aliphatic rings. The Morgan fingerprint density at radius 2 is 1.74 bits per heavy atom. The van der Waals surface area contributed by atoms with Crippen molar-refractivity contribution >= 4 is 0 Å². The number of rotatable bonds is 10. The molecule has 1 fully saturated rings. The van der Waals surface area contributed by atoms with Crippen molar-refractivity contribution < 1.29 is 4.74 Å². The van der Waals surface area contributed by atoms with E-state index in [9.17, 15) is 0 Å². The summed E-state index contributed by atoms with van der Waals surface area (Å²) in [5.41, 5.74) is 0. The Bertz CT molecular complexity index is 206. The molecule has 114 valence electrons. The van der Waals surface area contributed by atoms with Gasteiger partial charge in [0, 0.05) is 13.2 Å². The van der Waals surface area contributed by atoms with Crippen LogP contribution in [0.15, 0.2) is 0 Å². The van der Waals surface area contributed by atoms with Gasteiger partial charge in [-0.2, -0.15) is 0 Å². The lowest BCUT2D eigenvalue weighted by molar-refractivity contribution is 0.0279. The molecule has 4 nitrogen and oxygen atoms in total. The van der Waals surface area contributed by atoms with Crippen LogP contribution in [0.3, 0.4) is 0 Å². The first kappa shape index (κ1) is 16.9. The Kier molecular flexibility index (Phi) is 9.43. The molecule has 0 aromatic carbocycles. The molecule has 1 saturated heterocycles. The van der Waals surface area contributed by atoms with Crippen LogP contribution in [0.5, 0.6) is 0 Å². The van der Waals surface area contributed by atoms with Gasteiger partial charge in [0.15, 0.2) is 0 Å². The minimum Gasteiger partial charge on any atom is -0.378 e. The zero-order chi connectivity index (χ0) is 13.9. The van der Waals surface area contributed by atoms with E-state index in [2.05, 4.69) is 36.1 Å². The topological polar surface area (TPSA) is 27.7 Å². The molecule has 1 rings (SSSR count). The Morgan fingerprint density at radius 1 is 1.05 bits per heavy atom. The molecule has 0 aliphatic carbocycles. The summed E-state index contributed by atoms with van der Waals surface area (Å²) < 4.78 is 5.95. The molecule has 0 spiro atoms. The maximum atomic E-state index is 5.95. The van der Waals surface area contributed by atoms with E-state index in [4.69, 9.17) is 4.74 Å². The Labute approximate surface area is 119 Å². The van der Waals surface area contributed by atoms with E-state index in [0.717, 1.165) is 26.2 Å². The molecule has 0 unspecified atom stereocenters. The summed E-state index contributed by atoms with van der Waals surface area (Å²) in [7, 11) is 4.28. The maximum Gasteiger partial charge on any atom is 0.0599 e. The van der Waals surface area contributed by atoms with E-state index in [-0.39, 0.29) is 0 Å². The second kappa shape index (κ2) is 10.6. The molecule has 1 N–H and O–H groups in total. The van der Waals surface area contributed by atoms with Gasteiger partial charge in [-0.05, 0) is 72.5 Å². The number of ether oxygens (including phenoxy) is 1. The molecular formula is C15H33N3O. The highest BCUT2D eigenvalue weighted by Gasteiger charge is 2.12. The van der Waals surface area contributed by atoms with Gasteiger partial charge in [0.25, 0.3) is 0 Å². The monoisotopic (exact) mass is 271 g/mol. The van der Waals surface area contributed by atoms with E-state index in [1.54, 1.807) is 0 Å². The van der Waals surface area contributed by atoms with Gasteiger partial charge in [0.05, 0.1) is 6.10 Å². The van der Waals surface area contributed by atoms with E-state index < -0.39 is 0 Å². The first-order valence-electron chi connectivity index (χ1n) is 7.91. The van der Waals surface area contributed by atoms with Gasteiger partial charge in [-0.1, -0.05) is 6.92 Å². The van der Waals surface area contributed by atoms with Gasteiger partial charge in [0.2, 0.25) is 0 Å². The van der Waals surface area contributed by atoms with Crippen molar-refractivity contribution in [3.8, 4) is 0 Å². The fourth-order valence-electron chi connectivity index (χ4n) is 2.54. The SMILES string of the molecule is CCN(CCCOC1CCNCC1)CCCN(C)C. The molecule has 0 aromatic rings. The van der Waals surface area contributed by atoms with Gasteiger partial charge >= 0.3 is 0 Å². The van der Waals surface area contributed by atoms with Gasteiger partial charge < -0.3 is 19.9 Å². The molecule has 0 atom stereocenters. The second-order valence-electron chi connectivity index (χ2n) is 5.76.